The smallest absolute Gasteiger partial charge is 0.0540 e. The highest BCUT2D eigenvalue weighted by Gasteiger charge is 2.22. The predicted octanol–water partition coefficient (Wildman–Crippen LogP) is 7.92. The third-order valence-electron chi connectivity index (χ3n) is 6.20. The summed E-state index contributed by atoms with van der Waals surface area (Å²) in [6.07, 6.45) is 4.46. The van der Waals surface area contributed by atoms with E-state index in [4.69, 9.17) is 11.6 Å². The van der Waals surface area contributed by atoms with Crippen molar-refractivity contribution in [2.45, 2.75) is 12.8 Å². The summed E-state index contributed by atoms with van der Waals surface area (Å²) < 4.78 is 2.45. The zero-order chi connectivity index (χ0) is 20.1. The molecule has 0 atom stereocenters. The second-order valence-electron chi connectivity index (χ2n) is 7.89. The van der Waals surface area contributed by atoms with E-state index in [0.29, 0.717) is 0 Å². The molecule has 0 fully saturated rings. The highest BCUT2D eigenvalue weighted by atomic mass is 35.5. The van der Waals surface area contributed by atoms with Crippen LogP contribution in [-0.2, 0) is 6.42 Å². The Bertz CT molecular complexity index is 1430. The minimum absolute atomic E-state index is 0.778. The summed E-state index contributed by atoms with van der Waals surface area (Å²) in [6.45, 7) is 0. The predicted molar refractivity (Wildman–Crippen MR) is 128 cm³/mol. The standard InChI is InChI=1S/C28H20ClN/c29-22-15-12-19(13-16-22)21-14-17-25-24-9-3-4-10-27(24)30(28(25)18-21)26-11-5-7-20-6-1-2-8-23(20)26/h1-13,15-16,18H,14,17H2. The monoisotopic (exact) mass is 405 g/mol. The molecule has 1 heterocycles. The molecule has 5 aromatic rings. The number of aryl methyl sites for hydroxylation is 1. The van der Waals surface area contributed by atoms with Gasteiger partial charge in [0, 0.05) is 15.8 Å². The van der Waals surface area contributed by atoms with E-state index < -0.39 is 0 Å². The van der Waals surface area contributed by atoms with Crippen LogP contribution in [0.25, 0.3) is 39.0 Å². The molecular formula is C28H20ClN. The third kappa shape index (κ3) is 2.70. The molecule has 0 amide bonds. The summed E-state index contributed by atoms with van der Waals surface area (Å²) in [7, 11) is 0. The van der Waals surface area contributed by atoms with E-state index in [9.17, 15) is 0 Å². The Morgan fingerprint density at radius 1 is 0.667 bits per heavy atom. The fourth-order valence-corrected chi connectivity index (χ4v) is 4.92. The van der Waals surface area contributed by atoms with Crippen molar-refractivity contribution in [1.82, 2.24) is 4.57 Å². The topological polar surface area (TPSA) is 4.93 Å². The number of benzene rings is 4. The van der Waals surface area contributed by atoms with Gasteiger partial charge in [-0.1, -0.05) is 78.3 Å². The Balaban J connectivity index is 1.66. The van der Waals surface area contributed by atoms with Crippen LogP contribution in [0.2, 0.25) is 5.02 Å². The SMILES string of the molecule is Clc1ccc(C2=Cc3c(c4ccccc4n3-c3cccc4ccccc34)CC2)cc1. The number of rotatable bonds is 2. The summed E-state index contributed by atoms with van der Waals surface area (Å²) in [5.41, 5.74) is 7.86. The largest absolute Gasteiger partial charge is 0.309 e. The van der Waals surface area contributed by atoms with Crippen LogP contribution in [0.3, 0.4) is 0 Å². The number of fused-ring (bicyclic) bond motifs is 4. The second kappa shape index (κ2) is 6.90. The van der Waals surface area contributed by atoms with Gasteiger partial charge < -0.3 is 4.57 Å². The van der Waals surface area contributed by atoms with Crippen LogP contribution in [0.1, 0.15) is 23.2 Å². The Kier molecular flexibility index (Phi) is 4.04. The minimum atomic E-state index is 0.778. The quantitative estimate of drug-likeness (QED) is 0.281. The molecule has 4 aromatic carbocycles. The van der Waals surface area contributed by atoms with Gasteiger partial charge in [-0.3, -0.25) is 0 Å². The van der Waals surface area contributed by atoms with Crippen LogP contribution in [0.5, 0.6) is 0 Å². The molecule has 1 aliphatic carbocycles. The van der Waals surface area contributed by atoms with E-state index in [1.165, 1.54) is 49.8 Å². The lowest BCUT2D eigenvalue weighted by Crippen LogP contribution is -2.03. The molecule has 0 aliphatic heterocycles. The molecule has 2 heteroatoms. The maximum atomic E-state index is 6.12. The van der Waals surface area contributed by atoms with E-state index in [1.807, 2.05) is 12.1 Å². The summed E-state index contributed by atoms with van der Waals surface area (Å²) >= 11 is 6.12. The lowest BCUT2D eigenvalue weighted by Gasteiger charge is -2.18. The number of allylic oxidation sites excluding steroid dienone is 1. The molecule has 1 aliphatic rings. The van der Waals surface area contributed by atoms with Crippen LogP contribution in [0.15, 0.2) is 91.0 Å². The van der Waals surface area contributed by atoms with Gasteiger partial charge >= 0.3 is 0 Å². The summed E-state index contributed by atoms with van der Waals surface area (Å²) in [5.74, 6) is 0. The van der Waals surface area contributed by atoms with Gasteiger partial charge in [-0.15, -0.1) is 0 Å². The van der Waals surface area contributed by atoms with Gasteiger partial charge in [-0.2, -0.15) is 0 Å². The molecule has 0 bridgehead atoms. The number of hydrogen-bond acceptors (Lipinski definition) is 0. The van der Waals surface area contributed by atoms with Crippen LogP contribution < -0.4 is 0 Å². The van der Waals surface area contributed by atoms with Crippen molar-refractivity contribution in [3.05, 3.63) is 113 Å². The van der Waals surface area contributed by atoms with E-state index in [2.05, 4.69) is 89.5 Å². The summed E-state index contributed by atoms with van der Waals surface area (Å²) in [5, 5.41) is 4.67. The fourth-order valence-electron chi connectivity index (χ4n) is 4.79. The molecule has 0 radical (unpaired) electrons. The van der Waals surface area contributed by atoms with Gasteiger partial charge in [0.05, 0.1) is 16.9 Å². The molecule has 0 N–H and O–H groups in total. The van der Waals surface area contributed by atoms with Crippen molar-refractivity contribution in [2.75, 3.05) is 0 Å². The summed E-state index contributed by atoms with van der Waals surface area (Å²) in [6, 6.07) is 32.2. The van der Waals surface area contributed by atoms with E-state index >= 15 is 0 Å². The first-order valence-electron chi connectivity index (χ1n) is 10.4. The third-order valence-corrected chi connectivity index (χ3v) is 6.45. The highest BCUT2D eigenvalue weighted by molar-refractivity contribution is 6.30. The Morgan fingerprint density at radius 2 is 1.40 bits per heavy atom. The van der Waals surface area contributed by atoms with E-state index in [1.54, 1.807) is 0 Å². The molecule has 0 saturated heterocycles. The van der Waals surface area contributed by atoms with E-state index in [0.717, 1.165) is 17.9 Å². The van der Waals surface area contributed by atoms with Crippen molar-refractivity contribution in [1.29, 1.82) is 0 Å². The molecular weight excluding hydrogens is 386 g/mol. The fraction of sp³-hybridized carbons (Fsp3) is 0.0714. The Morgan fingerprint density at radius 3 is 2.27 bits per heavy atom. The molecule has 1 aromatic heterocycles. The number of hydrogen-bond donors (Lipinski definition) is 0. The molecule has 1 nitrogen and oxygen atoms in total. The second-order valence-corrected chi connectivity index (χ2v) is 8.33. The van der Waals surface area contributed by atoms with Gasteiger partial charge in [-0.25, -0.2) is 0 Å². The van der Waals surface area contributed by atoms with Gasteiger partial charge in [0.15, 0.2) is 0 Å². The average Bonchev–Trinajstić information content (AvgIpc) is 3.13. The van der Waals surface area contributed by atoms with Crippen molar-refractivity contribution >= 4 is 44.9 Å². The lowest BCUT2D eigenvalue weighted by molar-refractivity contribution is 0.983. The molecule has 30 heavy (non-hydrogen) atoms. The minimum Gasteiger partial charge on any atom is -0.309 e. The number of aromatic nitrogens is 1. The lowest BCUT2D eigenvalue weighted by atomic mass is 9.91. The maximum absolute atomic E-state index is 6.12. The average molecular weight is 406 g/mol. The zero-order valence-electron chi connectivity index (χ0n) is 16.5. The first-order valence-corrected chi connectivity index (χ1v) is 10.7. The van der Waals surface area contributed by atoms with Crippen LogP contribution >= 0.6 is 11.6 Å². The first kappa shape index (κ1) is 17.6. The highest BCUT2D eigenvalue weighted by Crippen LogP contribution is 2.39. The molecule has 0 unspecified atom stereocenters. The maximum Gasteiger partial charge on any atom is 0.0540 e. The Labute approximate surface area is 180 Å². The van der Waals surface area contributed by atoms with Gasteiger partial charge in [-0.05, 0) is 65.3 Å². The van der Waals surface area contributed by atoms with E-state index in [-0.39, 0.29) is 0 Å². The molecule has 0 saturated carbocycles. The molecule has 6 rings (SSSR count). The number of halogens is 1. The van der Waals surface area contributed by atoms with Gasteiger partial charge in [0.1, 0.15) is 0 Å². The van der Waals surface area contributed by atoms with Crippen molar-refractivity contribution in [2.24, 2.45) is 0 Å². The zero-order valence-corrected chi connectivity index (χ0v) is 17.2. The van der Waals surface area contributed by atoms with Crippen molar-refractivity contribution in [3.63, 3.8) is 0 Å². The van der Waals surface area contributed by atoms with Crippen LogP contribution in [0, 0.1) is 0 Å². The number of nitrogens with zero attached hydrogens (tertiary/aromatic N) is 1. The van der Waals surface area contributed by atoms with Gasteiger partial charge in [0.2, 0.25) is 0 Å². The summed E-state index contributed by atoms with van der Waals surface area (Å²) in [4.78, 5) is 0. The van der Waals surface area contributed by atoms with Crippen molar-refractivity contribution in [3.8, 4) is 5.69 Å². The molecule has 0 spiro atoms. The van der Waals surface area contributed by atoms with Crippen LogP contribution in [0.4, 0.5) is 0 Å². The van der Waals surface area contributed by atoms with Gasteiger partial charge in [0.25, 0.3) is 0 Å². The Hall–Kier alpha value is -3.29. The van der Waals surface area contributed by atoms with Crippen molar-refractivity contribution < 1.29 is 0 Å². The van der Waals surface area contributed by atoms with Crippen LogP contribution in [-0.4, -0.2) is 4.57 Å². The normalized spacial score (nSPS) is 13.4. The molecule has 144 valence electrons. The first-order chi connectivity index (χ1) is 14.8. The number of para-hydroxylation sites is 1.